The smallest absolute Gasteiger partial charge is 0.254 e. The number of hydrogen-bond acceptors (Lipinski definition) is 5. The molecule has 0 aliphatic rings. The third-order valence-corrected chi connectivity index (χ3v) is 4.15. The number of nitrogens with zero attached hydrogens (tertiary/aromatic N) is 2. The molecule has 7 heteroatoms. The fourth-order valence-electron chi connectivity index (χ4n) is 2.86. The Hall–Kier alpha value is -3.19. The second kappa shape index (κ2) is 8.46. The Bertz CT molecular complexity index is 985. The minimum Gasteiger partial charge on any atom is -0.494 e. The van der Waals surface area contributed by atoms with Crippen LogP contribution in [0.25, 0.3) is 10.9 Å². The van der Waals surface area contributed by atoms with Gasteiger partial charge in [0.25, 0.3) is 11.5 Å². The molecule has 0 saturated carbocycles. The van der Waals surface area contributed by atoms with E-state index in [9.17, 15) is 14.7 Å². The van der Waals surface area contributed by atoms with Gasteiger partial charge in [-0.1, -0.05) is 0 Å². The van der Waals surface area contributed by atoms with Crippen molar-refractivity contribution in [3.05, 3.63) is 70.3 Å². The summed E-state index contributed by atoms with van der Waals surface area (Å²) in [6.45, 7) is 2.46. The number of aliphatic hydroxyl groups is 1. The van der Waals surface area contributed by atoms with Gasteiger partial charge in [0.05, 0.1) is 19.8 Å². The normalized spacial score (nSPS) is 10.7. The number of carbonyl (C=O) groups excluding carboxylic acids is 1. The number of benzene rings is 1. The molecule has 0 saturated heterocycles. The Labute approximate surface area is 156 Å². The highest BCUT2D eigenvalue weighted by molar-refractivity contribution is 5.94. The summed E-state index contributed by atoms with van der Waals surface area (Å²) in [7, 11) is 0. The van der Waals surface area contributed by atoms with E-state index in [1.807, 2.05) is 13.0 Å². The maximum atomic E-state index is 12.7. The molecule has 3 rings (SSSR count). The van der Waals surface area contributed by atoms with E-state index in [1.54, 1.807) is 30.3 Å². The lowest BCUT2D eigenvalue weighted by atomic mass is 10.1. The zero-order chi connectivity index (χ0) is 19.2. The number of nitrogens with one attached hydrogen (secondary N) is 1. The van der Waals surface area contributed by atoms with Crippen LogP contribution in [-0.4, -0.2) is 45.6 Å². The molecule has 27 heavy (non-hydrogen) atoms. The number of aromatic amines is 1. The Morgan fingerprint density at radius 3 is 2.70 bits per heavy atom. The van der Waals surface area contributed by atoms with Gasteiger partial charge in [0.1, 0.15) is 5.75 Å². The summed E-state index contributed by atoms with van der Waals surface area (Å²) >= 11 is 0. The maximum Gasteiger partial charge on any atom is 0.254 e. The molecular formula is C20H21N3O4. The van der Waals surface area contributed by atoms with Crippen molar-refractivity contribution in [1.82, 2.24) is 14.9 Å². The van der Waals surface area contributed by atoms with Gasteiger partial charge in [-0.15, -0.1) is 0 Å². The molecular weight excluding hydrogens is 346 g/mol. The summed E-state index contributed by atoms with van der Waals surface area (Å²) in [5, 5.41) is 10.2. The first-order valence-corrected chi connectivity index (χ1v) is 8.71. The van der Waals surface area contributed by atoms with E-state index in [1.165, 1.54) is 17.3 Å². The summed E-state index contributed by atoms with van der Waals surface area (Å²) < 4.78 is 5.50. The highest BCUT2D eigenvalue weighted by atomic mass is 16.5. The van der Waals surface area contributed by atoms with Gasteiger partial charge in [0, 0.05) is 41.0 Å². The summed E-state index contributed by atoms with van der Waals surface area (Å²) in [6.07, 6.45) is 3.06. The monoisotopic (exact) mass is 367 g/mol. The van der Waals surface area contributed by atoms with Crippen molar-refractivity contribution in [2.45, 2.75) is 13.5 Å². The van der Waals surface area contributed by atoms with Crippen molar-refractivity contribution < 1.29 is 14.6 Å². The summed E-state index contributed by atoms with van der Waals surface area (Å²) in [4.78, 5) is 33.3. The zero-order valence-corrected chi connectivity index (χ0v) is 15.0. The lowest BCUT2D eigenvalue weighted by Gasteiger charge is -2.21. The predicted molar refractivity (Wildman–Crippen MR) is 102 cm³/mol. The second-order valence-electron chi connectivity index (χ2n) is 5.99. The highest BCUT2D eigenvalue weighted by Gasteiger charge is 2.17. The van der Waals surface area contributed by atoms with Crippen molar-refractivity contribution in [3.8, 4) is 5.75 Å². The number of pyridine rings is 2. The van der Waals surface area contributed by atoms with E-state index < -0.39 is 0 Å². The third-order valence-electron chi connectivity index (χ3n) is 4.15. The van der Waals surface area contributed by atoms with Crippen LogP contribution in [0, 0.1) is 0 Å². The molecule has 0 aliphatic heterocycles. The largest absolute Gasteiger partial charge is 0.494 e. The minimum atomic E-state index is -0.269. The quantitative estimate of drug-likeness (QED) is 0.666. The SMILES string of the molecule is CCOc1ccc2[nH]c(=O)c(CN(CCO)C(=O)c3ccncc3)cc2c1. The molecule has 0 radical (unpaired) electrons. The van der Waals surface area contributed by atoms with Gasteiger partial charge in [0.2, 0.25) is 0 Å². The predicted octanol–water partition coefficient (Wildman–Crippen LogP) is 1.96. The molecule has 3 aromatic rings. The first-order chi connectivity index (χ1) is 13.1. The van der Waals surface area contributed by atoms with Gasteiger partial charge in [-0.2, -0.15) is 0 Å². The zero-order valence-electron chi connectivity index (χ0n) is 15.0. The molecule has 0 aliphatic carbocycles. The van der Waals surface area contributed by atoms with Crippen LogP contribution in [0.4, 0.5) is 0 Å². The van der Waals surface area contributed by atoms with Gasteiger partial charge in [0.15, 0.2) is 0 Å². The number of amides is 1. The number of carbonyl (C=O) groups is 1. The molecule has 0 atom stereocenters. The number of aromatic nitrogens is 2. The number of ether oxygens (including phenoxy) is 1. The maximum absolute atomic E-state index is 12.7. The molecule has 7 nitrogen and oxygen atoms in total. The van der Waals surface area contributed by atoms with E-state index >= 15 is 0 Å². The van der Waals surface area contributed by atoms with Gasteiger partial charge >= 0.3 is 0 Å². The molecule has 1 aromatic carbocycles. The second-order valence-corrected chi connectivity index (χ2v) is 5.99. The Balaban J connectivity index is 1.93. The molecule has 0 bridgehead atoms. The van der Waals surface area contributed by atoms with Crippen molar-refractivity contribution in [2.24, 2.45) is 0 Å². The minimum absolute atomic E-state index is 0.0891. The molecule has 1 amide bonds. The van der Waals surface area contributed by atoms with Crippen LogP contribution in [0.3, 0.4) is 0 Å². The highest BCUT2D eigenvalue weighted by Crippen LogP contribution is 2.20. The molecule has 0 unspecified atom stereocenters. The fourth-order valence-corrected chi connectivity index (χ4v) is 2.86. The van der Waals surface area contributed by atoms with Crippen LogP contribution < -0.4 is 10.3 Å². The Morgan fingerprint density at radius 2 is 2.00 bits per heavy atom. The first kappa shape index (κ1) is 18.6. The Kier molecular flexibility index (Phi) is 5.83. The average Bonchev–Trinajstić information content (AvgIpc) is 2.68. The third kappa shape index (κ3) is 4.32. The lowest BCUT2D eigenvalue weighted by Crippen LogP contribution is -2.35. The molecule has 2 heterocycles. The molecule has 0 fully saturated rings. The summed E-state index contributed by atoms with van der Waals surface area (Å²) in [5.41, 5.74) is 1.32. The average molecular weight is 367 g/mol. The van der Waals surface area contributed by atoms with Crippen LogP contribution in [-0.2, 0) is 6.54 Å². The molecule has 2 N–H and O–H groups in total. The van der Waals surface area contributed by atoms with Crippen molar-refractivity contribution >= 4 is 16.8 Å². The summed E-state index contributed by atoms with van der Waals surface area (Å²) in [5.74, 6) is 0.442. The van der Waals surface area contributed by atoms with E-state index in [0.29, 0.717) is 29.0 Å². The lowest BCUT2D eigenvalue weighted by molar-refractivity contribution is 0.0707. The molecule has 2 aromatic heterocycles. The van der Waals surface area contributed by atoms with Gasteiger partial charge in [-0.05, 0) is 43.3 Å². The van der Waals surface area contributed by atoms with E-state index in [-0.39, 0.29) is 31.2 Å². The van der Waals surface area contributed by atoms with E-state index in [2.05, 4.69) is 9.97 Å². The van der Waals surface area contributed by atoms with Crippen LogP contribution in [0.15, 0.2) is 53.6 Å². The van der Waals surface area contributed by atoms with Crippen LogP contribution >= 0.6 is 0 Å². The van der Waals surface area contributed by atoms with Gasteiger partial charge in [-0.3, -0.25) is 14.6 Å². The number of hydrogen-bond donors (Lipinski definition) is 2. The van der Waals surface area contributed by atoms with E-state index in [4.69, 9.17) is 4.74 Å². The van der Waals surface area contributed by atoms with Gasteiger partial charge in [-0.25, -0.2) is 0 Å². The molecule has 140 valence electrons. The number of aliphatic hydroxyl groups excluding tert-OH is 1. The standard InChI is InChI=1S/C20H21N3O4/c1-2-27-17-3-4-18-15(12-17)11-16(19(25)22-18)13-23(9-10-24)20(26)14-5-7-21-8-6-14/h3-8,11-12,24H,2,9-10,13H2,1H3,(H,22,25). The van der Waals surface area contributed by atoms with Gasteiger partial charge < -0.3 is 19.7 Å². The van der Waals surface area contributed by atoms with Crippen molar-refractivity contribution in [3.63, 3.8) is 0 Å². The molecule has 0 spiro atoms. The number of fused-ring (bicyclic) bond motifs is 1. The van der Waals surface area contributed by atoms with E-state index in [0.717, 1.165) is 5.39 Å². The van der Waals surface area contributed by atoms with Crippen molar-refractivity contribution in [1.29, 1.82) is 0 Å². The first-order valence-electron chi connectivity index (χ1n) is 8.71. The fraction of sp³-hybridized carbons (Fsp3) is 0.250. The number of H-pyrrole nitrogens is 1. The summed E-state index contributed by atoms with van der Waals surface area (Å²) in [6, 6.07) is 10.4. The number of rotatable bonds is 7. The van der Waals surface area contributed by atoms with Crippen LogP contribution in [0.5, 0.6) is 5.75 Å². The van der Waals surface area contributed by atoms with Crippen LogP contribution in [0.2, 0.25) is 0 Å². The Morgan fingerprint density at radius 1 is 1.22 bits per heavy atom. The van der Waals surface area contributed by atoms with Crippen molar-refractivity contribution in [2.75, 3.05) is 19.8 Å². The van der Waals surface area contributed by atoms with Crippen LogP contribution in [0.1, 0.15) is 22.8 Å². The topological polar surface area (TPSA) is 95.5 Å².